The molecule has 0 aliphatic heterocycles. The van der Waals surface area contributed by atoms with Crippen LogP contribution in [0.1, 0.15) is 18.9 Å². The topological polar surface area (TPSA) is 135 Å². The fraction of sp³-hybridized carbons (Fsp3) is 0.278. The van der Waals surface area contributed by atoms with Crippen molar-refractivity contribution in [2.45, 2.75) is 31.3 Å². The molecule has 0 amide bonds. The monoisotopic (exact) mass is 354 g/mol. The molecule has 5 N–H and O–H groups in total. The fourth-order valence-electron chi connectivity index (χ4n) is 3.14. The summed E-state index contributed by atoms with van der Waals surface area (Å²) >= 11 is 0. The Morgan fingerprint density at radius 3 is 2.12 bits per heavy atom. The average Bonchev–Trinajstić information content (AvgIpc) is 3.12. The van der Waals surface area contributed by atoms with E-state index in [9.17, 15) is 20.4 Å². The average molecular weight is 354 g/mol. The summed E-state index contributed by atoms with van der Waals surface area (Å²) in [5.41, 5.74) is 2.63. The molecule has 0 saturated carbocycles. The molecule has 0 unspecified atom stereocenters. The second kappa shape index (κ2) is 6.26. The van der Waals surface area contributed by atoms with Crippen LogP contribution in [0.5, 0.6) is 0 Å². The van der Waals surface area contributed by atoms with Gasteiger partial charge in [0.15, 0.2) is 0 Å². The van der Waals surface area contributed by atoms with Crippen LogP contribution in [0.2, 0.25) is 0 Å². The van der Waals surface area contributed by atoms with Gasteiger partial charge in [-0.15, -0.1) is 0 Å². The third kappa shape index (κ3) is 2.51. The van der Waals surface area contributed by atoms with Gasteiger partial charge in [-0.05, 0) is 31.2 Å². The highest BCUT2D eigenvalue weighted by molar-refractivity contribution is 6.20. The van der Waals surface area contributed by atoms with Crippen molar-refractivity contribution in [1.82, 2.24) is 19.9 Å². The molecule has 3 aromatic heterocycles. The molecule has 4 rings (SSSR count). The Bertz CT molecular complexity index is 1020. The van der Waals surface area contributed by atoms with Gasteiger partial charge in [0, 0.05) is 23.2 Å². The molecule has 0 saturated heterocycles. The van der Waals surface area contributed by atoms with Crippen molar-refractivity contribution in [3.63, 3.8) is 0 Å². The normalized spacial score (nSPS) is 16.8. The molecule has 0 bridgehead atoms. The third-order valence-electron chi connectivity index (χ3n) is 4.53. The Morgan fingerprint density at radius 1 is 0.846 bits per heavy atom. The van der Waals surface area contributed by atoms with E-state index < -0.39 is 24.4 Å². The Labute approximate surface area is 147 Å². The minimum atomic E-state index is -1.59. The van der Waals surface area contributed by atoms with Gasteiger partial charge in [0.1, 0.15) is 24.1 Å². The standard InChI is InChI=1S/C18H18N4O4/c1-8(23)15(24)16(25)17(26)18-21-13-9-4-2-6-19-11(9)12-10(14(13)22-18)5-3-7-20-12/h2-8,15-17,23-26H,1H3,(H,21,22)/t8-,15-,16+,17+/m0/s1. The molecule has 0 aliphatic carbocycles. The summed E-state index contributed by atoms with van der Waals surface area (Å²) in [6.45, 7) is 1.33. The van der Waals surface area contributed by atoms with Gasteiger partial charge in [-0.2, -0.15) is 0 Å². The number of hydrogen-bond acceptors (Lipinski definition) is 7. The lowest BCUT2D eigenvalue weighted by Gasteiger charge is -2.23. The van der Waals surface area contributed by atoms with Gasteiger partial charge < -0.3 is 25.4 Å². The molecular formula is C18H18N4O4. The number of aromatic amines is 1. The van der Waals surface area contributed by atoms with Gasteiger partial charge in [0.05, 0.1) is 28.2 Å². The van der Waals surface area contributed by atoms with E-state index >= 15 is 0 Å². The van der Waals surface area contributed by atoms with E-state index in [1.54, 1.807) is 24.5 Å². The predicted molar refractivity (Wildman–Crippen MR) is 95.3 cm³/mol. The highest BCUT2D eigenvalue weighted by Crippen LogP contribution is 2.32. The highest BCUT2D eigenvalue weighted by atomic mass is 16.4. The van der Waals surface area contributed by atoms with Crippen LogP contribution in [0.4, 0.5) is 0 Å². The zero-order chi connectivity index (χ0) is 18.4. The Hall–Kier alpha value is -2.65. The van der Waals surface area contributed by atoms with E-state index in [0.717, 1.165) is 10.8 Å². The lowest BCUT2D eigenvalue weighted by molar-refractivity contribution is -0.103. The Balaban J connectivity index is 1.95. The summed E-state index contributed by atoms with van der Waals surface area (Å²) in [7, 11) is 0. The molecule has 134 valence electrons. The Kier molecular flexibility index (Phi) is 4.04. The van der Waals surface area contributed by atoms with Crippen LogP contribution in [0.3, 0.4) is 0 Å². The molecule has 0 aliphatic rings. The van der Waals surface area contributed by atoms with Gasteiger partial charge in [-0.25, -0.2) is 4.98 Å². The summed E-state index contributed by atoms with van der Waals surface area (Å²) in [5.74, 6) is 0.0914. The zero-order valence-electron chi connectivity index (χ0n) is 13.9. The first-order chi connectivity index (χ1) is 12.5. The highest BCUT2D eigenvalue weighted by Gasteiger charge is 2.31. The first-order valence-corrected chi connectivity index (χ1v) is 8.22. The smallest absolute Gasteiger partial charge is 0.140 e. The van der Waals surface area contributed by atoms with Crippen molar-refractivity contribution in [2.24, 2.45) is 0 Å². The number of benzene rings is 1. The first kappa shape index (κ1) is 16.8. The van der Waals surface area contributed by atoms with Crippen LogP contribution >= 0.6 is 0 Å². The van der Waals surface area contributed by atoms with Crippen LogP contribution in [0, 0.1) is 0 Å². The number of H-pyrrole nitrogens is 1. The molecule has 3 heterocycles. The van der Waals surface area contributed by atoms with E-state index in [1.165, 1.54) is 6.92 Å². The SMILES string of the molecule is C[C@H](O)[C@H](O)[C@@H](O)[C@@H](O)c1nc2c3cccnc3c3ncccc3c2[nH]1. The number of aliphatic hydroxyl groups excluding tert-OH is 4. The quantitative estimate of drug-likeness (QED) is 0.342. The molecule has 26 heavy (non-hydrogen) atoms. The van der Waals surface area contributed by atoms with E-state index in [-0.39, 0.29) is 5.82 Å². The second-order valence-corrected chi connectivity index (χ2v) is 6.31. The number of nitrogens with one attached hydrogen (secondary N) is 1. The number of pyridine rings is 2. The maximum atomic E-state index is 10.4. The molecule has 8 nitrogen and oxygen atoms in total. The van der Waals surface area contributed by atoms with E-state index in [1.807, 2.05) is 12.1 Å². The van der Waals surface area contributed by atoms with Crippen molar-refractivity contribution < 1.29 is 20.4 Å². The molecule has 4 atom stereocenters. The maximum absolute atomic E-state index is 10.4. The van der Waals surface area contributed by atoms with Crippen LogP contribution in [0.25, 0.3) is 32.8 Å². The van der Waals surface area contributed by atoms with Crippen LogP contribution < -0.4 is 0 Å². The number of imidazole rings is 1. The predicted octanol–water partition coefficient (Wildman–Crippen LogP) is 0.795. The lowest BCUT2D eigenvalue weighted by Crippen LogP contribution is -2.39. The Morgan fingerprint density at radius 2 is 1.46 bits per heavy atom. The number of aliphatic hydroxyl groups is 4. The zero-order valence-corrected chi connectivity index (χ0v) is 13.9. The summed E-state index contributed by atoms with van der Waals surface area (Å²) in [6.07, 6.45) is -2.44. The number of aromatic nitrogens is 4. The minimum absolute atomic E-state index is 0.0914. The lowest BCUT2D eigenvalue weighted by atomic mass is 10.0. The second-order valence-electron chi connectivity index (χ2n) is 6.31. The summed E-state index contributed by atoms with van der Waals surface area (Å²) < 4.78 is 0. The molecular weight excluding hydrogens is 336 g/mol. The van der Waals surface area contributed by atoms with Crippen molar-refractivity contribution in [3.8, 4) is 0 Å². The summed E-state index contributed by atoms with van der Waals surface area (Å²) in [5, 5.41) is 41.3. The largest absolute Gasteiger partial charge is 0.391 e. The van der Waals surface area contributed by atoms with Gasteiger partial charge in [0.25, 0.3) is 0 Å². The molecule has 0 radical (unpaired) electrons. The van der Waals surface area contributed by atoms with Crippen molar-refractivity contribution >= 4 is 32.8 Å². The van der Waals surface area contributed by atoms with Gasteiger partial charge in [-0.1, -0.05) is 0 Å². The molecule has 8 heteroatoms. The van der Waals surface area contributed by atoms with Gasteiger partial charge in [0.2, 0.25) is 0 Å². The minimum Gasteiger partial charge on any atom is -0.391 e. The van der Waals surface area contributed by atoms with Crippen LogP contribution in [-0.4, -0.2) is 58.7 Å². The van der Waals surface area contributed by atoms with Crippen molar-refractivity contribution in [1.29, 1.82) is 0 Å². The number of nitrogens with zero attached hydrogens (tertiary/aromatic N) is 3. The van der Waals surface area contributed by atoms with Gasteiger partial charge >= 0.3 is 0 Å². The van der Waals surface area contributed by atoms with Gasteiger partial charge in [-0.3, -0.25) is 9.97 Å². The van der Waals surface area contributed by atoms with Crippen LogP contribution in [-0.2, 0) is 0 Å². The third-order valence-corrected chi connectivity index (χ3v) is 4.53. The fourth-order valence-corrected chi connectivity index (χ4v) is 3.14. The van der Waals surface area contributed by atoms with Crippen LogP contribution in [0.15, 0.2) is 36.7 Å². The van der Waals surface area contributed by atoms with E-state index in [0.29, 0.717) is 22.1 Å². The number of fused-ring (bicyclic) bond motifs is 6. The first-order valence-electron chi connectivity index (χ1n) is 8.22. The number of hydrogen-bond donors (Lipinski definition) is 5. The van der Waals surface area contributed by atoms with Crippen molar-refractivity contribution in [3.05, 3.63) is 42.5 Å². The molecule has 0 fully saturated rings. The van der Waals surface area contributed by atoms with Crippen molar-refractivity contribution in [2.75, 3.05) is 0 Å². The molecule has 4 aromatic rings. The maximum Gasteiger partial charge on any atom is 0.140 e. The van der Waals surface area contributed by atoms with E-state index in [2.05, 4.69) is 19.9 Å². The summed E-state index contributed by atoms with van der Waals surface area (Å²) in [6, 6.07) is 7.30. The summed E-state index contributed by atoms with van der Waals surface area (Å²) in [4.78, 5) is 16.3. The molecule has 0 spiro atoms. The number of rotatable bonds is 4. The molecule has 1 aromatic carbocycles. The van der Waals surface area contributed by atoms with E-state index in [4.69, 9.17) is 0 Å².